The molecule has 0 radical (unpaired) electrons. The molecule has 0 bridgehead atoms. The van der Waals surface area contributed by atoms with E-state index in [1.807, 2.05) is 30.3 Å². The number of nitrogens with one attached hydrogen (secondary N) is 1. The topological polar surface area (TPSA) is 38.3 Å². The van der Waals surface area contributed by atoms with Crippen molar-refractivity contribution in [3.8, 4) is 5.75 Å². The van der Waals surface area contributed by atoms with Gasteiger partial charge in [0.25, 0.3) is 0 Å². The lowest BCUT2D eigenvalue weighted by atomic mass is 9.76. The maximum Gasteiger partial charge on any atom is 0.450 e. The van der Waals surface area contributed by atoms with Gasteiger partial charge in [0.2, 0.25) is 5.78 Å². The minimum absolute atomic E-state index is 0.0605. The molecule has 1 unspecified atom stereocenters. The lowest BCUT2D eigenvalue weighted by molar-refractivity contribution is -0.176. The number of hydrogen-bond acceptors (Lipinski definition) is 3. The van der Waals surface area contributed by atoms with Gasteiger partial charge in [-0.15, -0.1) is 0 Å². The van der Waals surface area contributed by atoms with Crippen molar-refractivity contribution in [3.05, 3.63) is 63.6 Å². The molecule has 27 heavy (non-hydrogen) atoms. The van der Waals surface area contributed by atoms with E-state index in [1.165, 1.54) is 6.92 Å². The molecule has 1 heterocycles. The molecule has 0 spiro atoms. The van der Waals surface area contributed by atoms with E-state index < -0.39 is 17.4 Å². The first-order valence-electron chi connectivity index (χ1n) is 8.54. The summed E-state index contributed by atoms with van der Waals surface area (Å²) in [5, 5.41) is 2.96. The minimum atomic E-state index is -4.90. The van der Waals surface area contributed by atoms with Crippen molar-refractivity contribution in [1.82, 2.24) is 5.32 Å². The second-order valence-corrected chi connectivity index (χ2v) is 7.65. The van der Waals surface area contributed by atoms with E-state index in [0.717, 1.165) is 5.56 Å². The molecule has 1 aliphatic heterocycles. The molecule has 0 saturated carbocycles. The van der Waals surface area contributed by atoms with Crippen LogP contribution in [0.3, 0.4) is 0 Å². The Kier molecular flexibility index (Phi) is 5.63. The summed E-state index contributed by atoms with van der Waals surface area (Å²) < 4.78 is 45.9. The lowest BCUT2D eigenvalue weighted by Gasteiger charge is -2.30. The van der Waals surface area contributed by atoms with Crippen molar-refractivity contribution >= 4 is 21.7 Å². The van der Waals surface area contributed by atoms with E-state index in [9.17, 15) is 18.0 Å². The maximum absolute atomic E-state index is 13.2. The Morgan fingerprint density at radius 1 is 1.26 bits per heavy atom. The zero-order chi connectivity index (χ0) is 19.7. The highest BCUT2D eigenvalue weighted by Crippen LogP contribution is 2.40. The van der Waals surface area contributed by atoms with Gasteiger partial charge in [-0.2, -0.15) is 13.2 Å². The normalized spacial score (nSPS) is 19.9. The van der Waals surface area contributed by atoms with Crippen molar-refractivity contribution in [3.63, 3.8) is 0 Å². The molecule has 1 aliphatic rings. The first-order valence-corrected chi connectivity index (χ1v) is 9.33. The average molecular weight is 442 g/mol. The molecule has 144 valence electrons. The van der Waals surface area contributed by atoms with E-state index in [0.29, 0.717) is 40.9 Å². The Morgan fingerprint density at radius 3 is 2.63 bits per heavy atom. The summed E-state index contributed by atoms with van der Waals surface area (Å²) in [5.41, 5.74) is 0.378. The Hall–Kier alpha value is -1.86. The van der Waals surface area contributed by atoms with Gasteiger partial charge in [-0.3, -0.25) is 4.79 Å². The number of ketones is 1. The van der Waals surface area contributed by atoms with Gasteiger partial charge in [0.1, 0.15) is 12.4 Å². The van der Waals surface area contributed by atoms with Crippen LogP contribution in [-0.4, -0.2) is 25.0 Å². The number of ether oxygens (including phenoxy) is 1. The van der Waals surface area contributed by atoms with Gasteiger partial charge in [-0.1, -0.05) is 30.3 Å². The number of Topliss-reactive ketones (excluding diaryl/α,β-unsaturated/α-hetero) is 1. The van der Waals surface area contributed by atoms with Crippen LogP contribution in [0.5, 0.6) is 5.75 Å². The van der Waals surface area contributed by atoms with E-state index in [-0.39, 0.29) is 6.54 Å². The van der Waals surface area contributed by atoms with Crippen LogP contribution >= 0.6 is 15.9 Å². The quantitative estimate of drug-likeness (QED) is 0.755. The number of carbonyl (C=O) groups excluding carboxylic acids is 1. The third-order valence-electron chi connectivity index (χ3n) is 4.80. The molecule has 0 aromatic heterocycles. The molecule has 3 nitrogen and oxygen atoms in total. The summed E-state index contributed by atoms with van der Waals surface area (Å²) in [6.07, 6.45) is -4.38. The number of rotatable bonds is 4. The minimum Gasteiger partial charge on any atom is -0.488 e. The average Bonchev–Trinajstić information content (AvgIpc) is 2.79. The fourth-order valence-electron chi connectivity index (χ4n) is 3.33. The number of fused-ring (bicyclic) bond motifs is 1. The SMILES string of the molecule is CC1(C(=O)C(F)(F)F)CNCCc2cc(OCc3ccccc3)c(Br)cc21. The van der Waals surface area contributed by atoms with E-state index >= 15 is 0 Å². The van der Waals surface area contributed by atoms with Crippen molar-refractivity contribution in [2.75, 3.05) is 13.1 Å². The standard InChI is InChI=1S/C20H19BrF3NO2/c1-19(18(26)20(22,23)24)12-25-8-7-14-9-17(16(21)10-15(14)19)27-11-13-5-3-2-4-6-13/h2-6,9-10,25H,7-8,11-12H2,1H3. The van der Waals surface area contributed by atoms with Gasteiger partial charge in [0.15, 0.2) is 0 Å². The van der Waals surface area contributed by atoms with Gasteiger partial charge >= 0.3 is 6.18 Å². The Labute approximate surface area is 164 Å². The molecule has 0 amide bonds. The maximum atomic E-state index is 13.2. The predicted molar refractivity (Wildman–Crippen MR) is 99.9 cm³/mol. The second kappa shape index (κ2) is 7.64. The lowest BCUT2D eigenvalue weighted by Crippen LogP contribution is -2.48. The summed E-state index contributed by atoms with van der Waals surface area (Å²) >= 11 is 3.39. The van der Waals surface area contributed by atoms with Crippen LogP contribution in [0.4, 0.5) is 13.2 Å². The van der Waals surface area contributed by atoms with Crippen LogP contribution < -0.4 is 10.1 Å². The Bertz CT molecular complexity index is 839. The highest BCUT2D eigenvalue weighted by molar-refractivity contribution is 9.10. The van der Waals surface area contributed by atoms with Crippen molar-refractivity contribution in [2.24, 2.45) is 0 Å². The van der Waals surface area contributed by atoms with Gasteiger partial charge in [-0.05, 0) is 64.6 Å². The van der Waals surface area contributed by atoms with Gasteiger partial charge in [0, 0.05) is 6.54 Å². The monoisotopic (exact) mass is 441 g/mol. The molecular formula is C20H19BrF3NO2. The largest absolute Gasteiger partial charge is 0.488 e. The molecule has 0 aliphatic carbocycles. The van der Waals surface area contributed by atoms with Crippen LogP contribution in [0, 0.1) is 0 Å². The molecule has 0 fully saturated rings. The number of hydrogen-bond donors (Lipinski definition) is 1. The van der Waals surface area contributed by atoms with Crippen molar-refractivity contribution < 1.29 is 22.7 Å². The highest BCUT2D eigenvalue weighted by Gasteiger charge is 2.52. The number of alkyl halides is 3. The fraction of sp³-hybridized carbons (Fsp3) is 0.350. The zero-order valence-corrected chi connectivity index (χ0v) is 16.3. The van der Waals surface area contributed by atoms with Crippen molar-refractivity contribution in [1.29, 1.82) is 0 Å². The molecule has 1 atom stereocenters. The molecule has 0 saturated heterocycles. The van der Waals surface area contributed by atoms with Crippen molar-refractivity contribution in [2.45, 2.75) is 31.5 Å². The summed E-state index contributed by atoms with van der Waals surface area (Å²) in [6, 6.07) is 12.9. The van der Waals surface area contributed by atoms with Gasteiger partial charge in [0.05, 0.1) is 9.89 Å². The smallest absolute Gasteiger partial charge is 0.450 e. The summed E-state index contributed by atoms with van der Waals surface area (Å²) in [7, 11) is 0. The Balaban J connectivity index is 1.95. The summed E-state index contributed by atoms with van der Waals surface area (Å²) in [4.78, 5) is 12.2. The van der Waals surface area contributed by atoms with Crippen LogP contribution in [0.2, 0.25) is 0 Å². The third kappa shape index (κ3) is 4.19. The molecule has 1 N–H and O–H groups in total. The van der Waals surface area contributed by atoms with Crippen LogP contribution in [-0.2, 0) is 23.2 Å². The van der Waals surface area contributed by atoms with E-state index in [4.69, 9.17) is 4.74 Å². The number of benzene rings is 2. The third-order valence-corrected chi connectivity index (χ3v) is 5.42. The molecule has 2 aromatic rings. The van der Waals surface area contributed by atoms with Gasteiger partial charge < -0.3 is 10.1 Å². The highest BCUT2D eigenvalue weighted by atomic mass is 79.9. The first kappa shape index (κ1) is 19.9. The first-order chi connectivity index (χ1) is 12.7. The van der Waals surface area contributed by atoms with Crippen LogP contribution in [0.15, 0.2) is 46.9 Å². The van der Waals surface area contributed by atoms with E-state index in [2.05, 4.69) is 21.2 Å². The van der Waals surface area contributed by atoms with Crippen LogP contribution in [0.25, 0.3) is 0 Å². The predicted octanol–water partition coefficient (Wildman–Crippen LogP) is 4.56. The van der Waals surface area contributed by atoms with E-state index in [1.54, 1.807) is 12.1 Å². The molecular weight excluding hydrogens is 423 g/mol. The Morgan fingerprint density at radius 2 is 1.96 bits per heavy atom. The number of carbonyl (C=O) groups is 1. The molecule has 7 heteroatoms. The van der Waals surface area contributed by atoms with Gasteiger partial charge in [-0.25, -0.2) is 0 Å². The number of halogens is 4. The zero-order valence-electron chi connectivity index (χ0n) is 14.7. The molecule has 2 aromatic carbocycles. The summed E-state index contributed by atoms with van der Waals surface area (Å²) in [5.74, 6) is -1.20. The fourth-order valence-corrected chi connectivity index (χ4v) is 3.79. The van der Waals surface area contributed by atoms with Crippen LogP contribution in [0.1, 0.15) is 23.6 Å². The molecule has 3 rings (SSSR count). The summed E-state index contributed by atoms with van der Waals surface area (Å²) in [6.45, 7) is 2.12. The second-order valence-electron chi connectivity index (χ2n) is 6.80.